The lowest BCUT2D eigenvalue weighted by molar-refractivity contribution is -0.437. The molecule has 5 heteroatoms. The zero-order valence-corrected chi connectivity index (χ0v) is 39.9. The van der Waals surface area contributed by atoms with Gasteiger partial charge in [-0.15, -0.1) is 0 Å². The van der Waals surface area contributed by atoms with Crippen LogP contribution in [-0.4, -0.2) is 29.2 Å². The number of unbranched alkanes of at least 4 members (excludes halogenated alkanes) is 3. The lowest BCUT2D eigenvalue weighted by atomic mass is 9.81. The summed E-state index contributed by atoms with van der Waals surface area (Å²) in [5, 5.41) is 3.63. The number of allylic oxidation sites excluding steroid dienone is 8. The molecule has 0 unspecified atom stereocenters. The third-order valence-corrected chi connectivity index (χ3v) is 13.5. The van der Waals surface area contributed by atoms with Crippen molar-refractivity contribution in [1.29, 1.82) is 0 Å². The highest BCUT2D eigenvalue weighted by Gasteiger charge is 2.44. The Bertz CT molecular complexity index is 2460. The van der Waals surface area contributed by atoms with Gasteiger partial charge in [0.15, 0.2) is 11.5 Å². The zero-order chi connectivity index (χ0) is 45.3. The quantitative estimate of drug-likeness (QED) is 0.0546. The molecular weight excluding hydrogens is 783 g/mol. The van der Waals surface area contributed by atoms with E-state index in [0.717, 1.165) is 101 Å². The first-order valence-corrected chi connectivity index (χ1v) is 24.1. The van der Waals surface area contributed by atoms with Crippen molar-refractivity contribution >= 4 is 28.6 Å². The minimum Gasteiger partial charge on any atom is -0.457 e. The molecule has 0 amide bonds. The van der Waals surface area contributed by atoms with Gasteiger partial charge < -0.3 is 15.0 Å². The van der Waals surface area contributed by atoms with Crippen molar-refractivity contribution in [1.82, 2.24) is 0 Å². The van der Waals surface area contributed by atoms with E-state index in [4.69, 9.17) is 4.74 Å². The summed E-state index contributed by atoms with van der Waals surface area (Å²) in [5.41, 5.74) is 14.7. The smallest absolute Gasteiger partial charge is 0.209 e. The van der Waals surface area contributed by atoms with Crippen LogP contribution in [0.1, 0.15) is 135 Å². The molecule has 0 spiro atoms. The van der Waals surface area contributed by atoms with Gasteiger partial charge in [-0.3, -0.25) is 4.79 Å². The predicted molar refractivity (Wildman–Crippen MR) is 270 cm³/mol. The molecule has 334 valence electrons. The number of hydrogen-bond donors (Lipinski definition) is 1. The van der Waals surface area contributed by atoms with Gasteiger partial charge in [-0.05, 0) is 142 Å². The van der Waals surface area contributed by atoms with Crippen molar-refractivity contribution in [3.8, 4) is 5.75 Å². The van der Waals surface area contributed by atoms with Crippen LogP contribution in [0.4, 0.5) is 17.1 Å². The molecule has 1 aliphatic carbocycles. The average Bonchev–Trinajstić information content (AvgIpc) is 3.64. The van der Waals surface area contributed by atoms with E-state index >= 15 is 0 Å². The first-order chi connectivity index (χ1) is 30.9. The van der Waals surface area contributed by atoms with Crippen LogP contribution in [0, 0.1) is 0 Å². The maximum absolute atomic E-state index is 11.8. The Hall–Kier alpha value is -5.68. The number of carbonyl (C=O) groups excluding carboxylic acids is 1. The third kappa shape index (κ3) is 10.5. The average molecular weight is 855 g/mol. The second kappa shape index (κ2) is 20.9. The van der Waals surface area contributed by atoms with E-state index in [1.807, 2.05) is 0 Å². The SMILES string of the molecule is C=C(C)C(=O)CCCCCCc1ccc(CNc2ccc(OC3=C(/C=C/C4=[N+](CCC)c5ccccc5C4(C)C)CCC/C3=C\C=C3\N(CCC)c4ccccc4C3(C)C)cc2)cc1. The minimum absolute atomic E-state index is 0.104. The summed E-state index contributed by atoms with van der Waals surface area (Å²) in [6.45, 7) is 22.3. The molecular formula is C59H72N3O2+. The summed E-state index contributed by atoms with van der Waals surface area (Å²) in [4.78, 5) is 14.3. The number of para-hydroxylation sites is 2. The van der Waals surface area contributed by atoms with Gasteiger partial charge in [0.2, 0.25) is 5.69 Å². The number of ether oxygens (including phenoxy) is 1. The van der Waals surface area contributed by atoms with Crippen LogP contribution in [-0.2, 0) is 28.6 Å². The Morgan fingerprint density at radius 2 is 1.48 bits per heavy atom. The highest BCUT2D eigenvalue weighted by Crippen LogP contribution is 2.48. The Morgan fingerprint density at radius 3 is 2.22 bits per heavy atom. The molecule has 0 bridgehead atoms. The standard InChI is InChI=1S/C59H72N3O2/c1-9-40-61-52-25-17-15-23-50(52)58(5,6)55(61)38-32-46-21-19-22-47(33-39-56-59(7,8)51-24-16-18-26-53(51)62(56)41-10-2)57(46)64-49-36-34-48(35-37-49)60-42-45-30-28-44(29-31-45)20-13-11-12-14-27-54(63)43(3)4/h15-18,23-26,28-39,60H,3,9-14,19-22,27,40-42H2,1-2,4-8H3/q+1. The summed E-state index contributed by atoms with van der Waals surface area (Å²) < 4.78 is 9.57. The van der Waals surface area contributed by atoms with Crippen molar-refractivity contribution in [2.45, 2.75) is 136 Å². The lowest BCUT2D eigenvalue weighted by Gasteiger charge is -2.27. The number of anilines is 2. The number of nitrogens with zero attached hydrogens (tertiary/aromatic N) is 2. The number of aryl methyl sites for hydroxylation is 1. The predicted octanol–water partition coefficient (Wildman–Crippen LogP) is 14.8. The molecule has 4 aromatic rings. The Labute approximate surface area is 385 Å². The fraction of sp³-hybridized carbons (Fsp3) is 0.390. The van der Waals surface area contributed by atoms with Gasteiger partial charge in [0.1, 0.15) is 18.1 Å². The normalized spacial score (nSPS) is 17.7. The molecule has 0 aromatic heterocycles. The van der Waals surface area contributed by atoms with Crippen LogP contribution in [0.3, 0.4) is 0 Å². The van der Waals surface area contributed by atoms with E-state index < -0.39 is 0 Å². The summed E-state index contributed by atoms with van der Waals surface area (Å²) in [7, 11) is 0. The number of Topliss-reactive ketones (excluding diaryl/α,β-unsaturated/α-hetero) is 1. The van der Waals surface area contributed by atoms with Crippen molar-refractivity contribution in [2.24, 2.45) is 0 Å². The highest BCUT2D eigenvalue weighted by atomic mass is 16.5. The number of benzene rings is 4. The van der Waals surface area contributed by atoms with E-state index in [1.165, 1.54) is 56.2 Å². The third-order valence-electron chi connectivity index (χ3n) is 13.5. The molecule has 2 aliphatic heterocycles. The van der Waals surface area contributed by atoms with E-state index in [1.54, 1.807) is 6.92 Å². The Morgan fingerprint density at radius 1 is 0.781 bits per heavy atom. The van der Waals surface area contributed by atoms with E-state index in [-0.39, 0.29) is 16.6 Å². The molecule has 1 N–H and O–H groups in total. The maximum Gasteiger partial charge on any atom is 0.209 e. The lowest BCUT2D eigenvalue weighted by Crippen LogP contribution is -2.28. The van der Waals surface area contributed by atoms with Crippen molar-refractivity contribution in [2.75, 3.05) is 23.3 Å². The van der Waals surface area contributed by atoms with Crippen LogP contribution in [0.25, 0.3) is 0 Å². The van der Waals surface area contributed by atoms with Gasteiger partial charge in [0.25, 0.3) is 0 Å². The summed E-state index contributed by atoms with van der Waals surface area (Å²) in [6, 6.07) is 35.3. The number of nitrogens with one attached hydrogen (secondary N) is 1. The first-order valence-electron chi connectivity index (χ1n) is 24.1. The summed E-state index contributed by atoms with van der Waals surface area (Å²) in [6.07, 6.45) is 20.7. The minimum atomic E-state index is -0.104. The van der Waals surface area contributed by atoms with Gasteiger partial charge in [-0.2, -0.15) is 4.58 Å². The van der Waals surface area contributed by atoms with Crippen LogP contribution in [0.2, 0.25) is 0 Å². The second-order valence-corrected chi connectivity index (χ2v) is 19.2. The van der Waals surface area contributed by atoms with Crippen LogP contribution in [0.15, 0.2) is 156 Å². The van der Waals surface area contributed by atoms with Crippen molar-refractivity contribution in [3.63, 3.8) is 0 Å². The van der Waals surface area contributed by atoms with Gasteiger partial charge in [0, 0.05) is 66.1 Å². The largest absolute Gasteiger partial charge is 0.457 e. The van der Waals surface area contributed by atoms with Gasteiger partial charge in [0.05, 0.1) is 5.41 Å². The molecule has 0 radical (unpaired) electrons. The topological polar surface area (TPSA) is 44.6 Å². The van der Waals surface area contributed by atoms with Crippen molar-refractivity contribution < 1.29 is 14.1 Å². The van der Waals surface area contributed by atoms with Crippen LogP contribution in [0.5, 0.6) is 5.75 Å². The molecule has 2 heterocycles. The Kier molecular flexibility index (Phi) is 15.1. The number of ketones is 1. The Balaban J connectivity index is 1.10. The van der Waals surface area contributed by atoms with Gasteiger partial charge >= 0.3 is 0 Å². The van der Waals surface area contributed by atoms with Gasteiger partial charge in [-0.25, -0.2) is 0 Å². The molecule has 0 saturated carbocycles. The van der Waals surface area contributed by atoms with E-state index in [2.05, 4.69) is 184 Å². The molecule has 7 rings (SSSR count). The molecule has 5 nitrogen and oxygen atoms in total. The van der Waals surface area contributed by atoms with Crippen LogP contribution < -0.4 is 15.0 Å². The number of fused-ring (bicyclic) bond motifs is 2. The monoisotopic (exact) mass is 855 g/mol. The van der Waals surface area contributed by atoms with E-state index in [0.29, 0.717) is 12.0 Å². The molecule has 4 aromatic carbocycles. The summed E-state index contributed by atoms with van der Waals surface area (Å²) >= 11 is 0. The van der Waals surface area contributed by atoms with Gasteiger partial charge in [-0.1, -0.05) is 114 Å². The molecule has 0 fully saturated rings. The van der Waals surface area contributed by atoms with E-state index in [9.17, 15) is 4.79 Å². The zero-order valence-electron chi connectivity index (χ0n) is 39.9. The molecule has 3 aliphatic rings. The highest BCUT2D eigenvalue weighted by molar-refractivity contribution is 6.03. The number of carbonyl (C=O) groups is 1. The molecule has 0 saturated heterocycles. The second-order valence-electron chi connectivity index (χ2n) is 19.2. The van der Waals surface area contributed by atoms with Crippen molar-refractivity contribution in [3.05, 3.63) is 178 Å². The molecule has 64 heavy (non-hydrogen) atoms. The molecule has 0 atom stereocenters. The summed E-state index contributed by atoms with van der Waals surface area (Å²) in [5.74, 6) is 2.01. The number of hydrogen-bond acceptors (Lipinski definition) is 4. The fourth-order valence-electron chi connectivity index (χ4n) is 9.89. The number of rotatable bonds is 20. The maximum atomic E-state index is 11.8. The first kappa shape index (κ1) is 46.3. The fourth-order valence-corrected chi connectivity index (χ4v) is 9.89. The van der Waals surface area contributed by atoms with Crippen LogP contribution >= 0.6 is 0 Å².